The lowest BCUT2D eigenvalue weighted by molar-refractivity contribution is -0.144. The number of piperidine rings is 1. The van der Waals surface area contributed by atoms with Gasteiger partial charge in [-0.15, -0.1) is 0 Å². The van der Waals surface area contributed by atoms with Crippen LogP contribution in [-0.4, -0.2) is 48.2 Å². The van der Waals surface area contributed by atoms with Crippen LogP contribution in [0.2, 0.25) is 0 Å². The fraction of sp³-hybridized carbons (Fsp3) is 0.917. The van der Waals surface area contributed by atoms with E-state index in [9.17, 15) is 4.79 Å². The van der Waals surface area contributed by atoms with E-state index in [1.54, 1.807) is 14.0 Å². The van der Waals surface area contributed by atoms with Crippen LogP contribution in [0.5, 0.6) is 0 Å². The predicted molar refractivity (Wildman–Crippen MR) is 64.6 cm³/mol. The Bertz CT molecular complexity index is 245. The fourth-order valence-corrected chi connectivity index (χ4v) is 2.21. The lowest BCUT2D eigenvalue weighted by Gasteiger charge is -2.33. The Morgan fingerprint density at radius 2 is 2.31 bits per heavy atom. The fourth-order valence-electron chi connectivity index (χ4n) is 2.21. The van der Waals surface area contributed by atoms with Crippen molar-refractivity contribution >= 4 is 5.97 Å². The molecule has 0 bridgehead atoms. The van der Waals surface area contributed by atoms with Crippen molar-refractivity contribution in [1.82, 2.24) is 10.2 Å². The molecule has 16 heavy (non-hydrogen) atoms. The van der Waals surface area contributed by atoms with Crippen LogP contribution in [0.3, 0.4) is 0 Å². The third-order valence-electron chi connectivity index (χ3n) is 3.69. The van der Waals surface area contributed by atoms with Crippen LogP contribution < -0.4 is 5.32 Å². The zero-order valence-electron chi connectivity index (χ0n) is 10.6. The quantitative estimate of drug-likeness (QED) is 0.741. The van der Waals surface area contributed by atoms with Gasteiger partial charge in [0.1, 0.15) is 5.54 Å². The number of likely N-dealkylation sites (N-methyl/N-ethyl adjacent to an activating group) is 1. The maximum atomic E-state index is 11.1. The number of carbonyl (C=O) groups is 1. The summed E-state index contributed by atoms with van der Waals surface area (Å²) in [6.07, 6.45) is 3.20. The third-order valence-corrected chi connectivity index (χ3v) is 3.69. The minimum atomic E-state index is -0.791. The van der Waals surface area contributed by atoms with Crippen LogP contribution in [-0.2, 0) is 4.79 Å². The molecule has 4 nitrogen and oxygen atoms in total. The van der Waals surface area contributed by atoms with Crippen molar-refractivity contribution in [3.8, 4) is 0 Å². The molecule has 1 heterocycles. The highest BCUT2D eigenvalue weighted by Gasteiger charge is 2.31. The average molecular weight is 228 g/mol. The van der Waals surface area contributed by atoms with E-state index >= 15 is 0 Å². The number of rotatable bonds is 5. The molecular formula is C12H24N2O2. The van der Waals surface area contributed by atoms with E-state index in [0.29, 0.717) is 6.42 Å². The summed E-state index contributed by atoms with van der Waals surface area (Å²) in [6.45, 7) is 7.11. The summed E-state index contributed by atoms with van der Waals surface area (Å²) in [6, 6.07) is 0. The SMILES string of the molecule is CNC(C)(CCN1CCCC(C)C1)C(=O)O. The molecule has 0 aromatic heterocycles. The van der Waals surface area contributed by atoms with E-state index < -0.39 is 11.5 Å². The molecule has 0 spiro atoms. The molecule has 4 heteroatoms. The summed E-state index contributed by atoms with van der Waals surface area (Å²) >= 11 is 0. The maximum absolute atomic E-state index is 11.1. The first kappa shape index (κ1) is 13.5. The molecule has 1 aliphatic rings. The molecule has 0 saturated carbocycles. The number of hydrogen-bond acceptors (Lipinski definition) is 3. The van der Waals surface area contributed by atoms with Crippen LogP contribution in [0, 0.1) is 5.92 Å². The van der Waals surface area contributed by atoms with Crippen molar-refractivity contribution in [1.29, 1.82) is 0 Å². The van der Waals surface area contributed by atoms with Crippen LogP contribution in [0.15, 0.2) is 0 Å². The number of carboxylic acid groups (broad SMARTS) is 1. The molecular weight excluding hydrogens is 204 g/mol. The minimum absolute atomic E-state index is 0.658. The first-order valence-corrected chi connectivity index (χ1v) is 6.12. The van der Waals surface area contributed by atoms with Gasteiger partial charge in [0.05, 0.1) is 0 Å². The van der Waals surface area contributed by atoms with Gasteiger partial charge < -0.3 is 15.3 Å². The van der Waals surface area contributed by atoms with Gasteiger partial charge in [-0.2, -0.15) is 0 Å². The second kappa shape index (κ2) is 5.64. The van der Waals surface area contributed by atoms with Gasteiger partial charge in [-0.05, 0) is 45.7 Å². The second-order valence-corrected chi connectivity index (χ2v) is 5.19. The maximum Gasteiger partial charge on any atom is 0.323 e. The molecule has 2 N–H and O–H groups in total. The van der Waals surface area contributed by atoms with E-state index in [-0.39, 0.29) is 0 Å². The van der Waals surface area contributed by atoms with Gasteiger partial charge in [-0.3, -0.25) is 4.79 Å². The average Bonchev–Trinajstić information content (AvgIpc) is 2.26. The summed E-state index contributed by atoms with van der Waals surface area (Å²) in [7, 11) is 1.72. The highest BCUT2D eigenvalue weighted by atomic mass is 16.4. The largest absolute Gasteiger partial charge is 0.480 e. The smallest absolute Gasteiger partial charge is 0.323 e. The molecule has 0 aliphatic carbocycles. The van der Waals surface area contributed by atoms with Crippen molar-refractivity contribution in [2.45, 2.75) is 38.6 Å². The molecule has 1 fully saturated rings. The van der Waals surface area contributed by atoms with E-state index in [2.05, 4.69) is 17.1 Å². The molecule has 1 rings (SSSR count). The van der Waals surface area contributed by atoms with E-state index in [4.69, 9.17) is 5.11 Å². The molecule has 0 amide bonds. The van der Waals surface area contributed by atoms with Gasteiger partial charge in [0.2, 0.25) is 0 Å². The monoisotopic (exact) mass is 228 g/mol. The Kier molecular flexibility index (Phi) is 4.74. The zero-order valence-corrected chi connectivity index (χ0v) is 10.6. The Labute approximate surface area is 98.0 Å². The molecule has 2 unspecified atom stereocenters. The summed E-state index contributed by atoms with van der Waals surface area (Å²) in [5.74, 6) is -0.0144. The number of carboxylic acids is 1. The number of aliphatic carboxylic acids is 1. The number of hydrogen-bond donors (Lipinski definition) is 2. The molecule has 2 atom stereocenters. The van der Waals surface area contributed by atoms with Crippen molar-refractivity contribution in [2.75, 3.05) is 26.7 Å². The Balaban J connectivity index is 2.40. The Morgan fingerprint density at radius 3 is 2.81 bits per heavy atom. The first-order valence-electron chi connectivity index (χ1n) is 6.12. The van der Waals surface area contributed by atoms with Crippen molar-refractivity contribution < 1.29 is 9.90 Å². The summed E-state index contributed by atoms with van der Waals surface area (Å²) in [4.78, 5) is 13.5. The highest BCUT2D eigenvalue weighted by Crippen LogP contribution is 2.17. The summed E-state index contributed by atoms with van der Waals surface area (Å²) in [5, 5.41) is 12.0. The number of nitrogens with one attached hydrogen (secondary N) is 1. The molecule has 0 aromatic rings. The van der Waals surface area contributed by atoms with Gasteiger partial charge >= 0.3 is 5.97 Å². The Morgan fingerprint density at radius 1 is 1.62 bits per heavy atom. The Hall–Kier alpha value is -0.610. The van der Waals surface area contributed by atoms with Gasteiger partial charge in [0.25, 0.3) is 0 Å². The standard InChI is InChI=1S/C12H24N2O2/c1-10-5-4-7-14(9-10)8-6-12(2,13-3)11(15)16/h10,13H,4-9H2,1-3H3,(H,15,16). The molecule has 0 radical (unpaired) electrons. The zero-order chi connectivity index (χ0) is 12.2. The second-order valence-electron chi connectivity index (χ2n) is 5.19. The van der Waals surface area contributed by atoms with Gasteiger partial charge in [-0.25, -0.2) is 0 Å². The highest BCUT2D eigenvalue weighted by molar-refractivity contribution is 5.78. The van der Waals surface area contributed by atoms with Gasteiger partial charge in [0.15, 0.2) is 0 Å². The summed E-state index contributed by atoms with van der Waals surface area (Å²) < 4.78 is 0. The lowest BCUT2D eigenvalue weighted by atomic mass is 9.95. The summed E-state index contributed by atoms with van der Waals surface area (Å²) in [5.41, 5.74) is -0.791. The van der Waals surface area contributed by atoms with Crippen molar-refractivity contribution in [3.05, 3.63) is 0 Å². The van der Waals surface area contributed by atoms with Crippen molar-refractivity contribution in [2.24, 2.45) is 5.92 Å². The van der Waals surface area contributed by atoms with Crippen LogP contribution in [0.4, 0.5) is 0 Å². The lowest BCUT2D eigenvalue weighted by Crippen LogP contribution is -2.50. The number of likely N-dealkylation sites (tertiary alicyclic amines) is 1. The predicted octanol–water partition coefficient (Wildman–Crippen LogP) is 1.17. The van der Waals surface area contributed by atoms with E-state index in [0.717, 1.165) is 25.6 Å². The third kappa shape index (κ3) is 3.46. The topological polar surface area (TPSA) is 52.6 Å². The molecule has 94 valence electrons. The molecule has 1 aliphatic heterocycles. The van der Waals surface area contributed by atoms with E-state index in [1.165, 1.54) is 12.8 Å². The first-order chi connectivity index (χ1) is 7.48. The van der Waals surface area contributed by atoms with Crippen LogP contribution in [0.1, 0.15) is 33.1 Å². The normalized spacial score (nSPS) is 26.3. The number of nitrogens with zero attached hydrogens (tertiary/aromatic N) is 1. The van der Waals surface area contributed by atoms with Gasteiger partial charge in [-0.1, -0.05) is 6.92 Å². The van der Waals surface area contributed by atoms with Crippen molar-refractivity contribution in [3.63, 3.8) is 0 Å². The molecule has 1 saturated heterocycles. The van der Waals surface area contributed by atoms with Crippen LogP contribution in [0.25, 0.3) is 0 Å². The van der Waals surface area contributed by atoms with E-state index in [1.807, 2.05) is 0 Å². The van der Waals surface area contributed by atoms with Crippen LogP contribution >= 0.6 is 0 Å². The minimum Gasteiger partial charge on any atom is -0.480 e. The van der Waals surface area contributed by atoms with Gasteiger partial charge in [0, 0.05) is 13.1 Å². The molecule has 0 aromatic carbocycles.